The Bertz CT molecular complexity index is 255. The van der Waals surface area contributed by atoms with E-state index in [0.717, 1.165) is 24.9 Å². The van der Waals surface area contributed by atoms with Crippen LogP contribution in [-0.2, 0) is 0 Å². The van der Waals surface area contributed by atoms with Crippen LogP contribution in [0.3, 0.4) is 0 Å². The van der Waals surface area contributed by atoms with Crippen LogP contribution in [0.2, 0.25) is 0 Å². The Labute approximate surface area is 195 Å². The molecule has 0 nitrogen and oxygen atoms in total. The lowest BCUT2D eigenvalue weighted by Gasteiger charge is -2.24. The van der Waals surface area contributed by atoms with Gasteiger partial charge in [0.2, 0.25) is 0 Å². The molecule has 0 aromatic rings. The molecule has 1 heterocycles. The zero-order chi connectivity index (χ0) is 16.8. The zero-order valence-electron chi connectivity index (χ0n) is 12.4. The fourth-order valence-electron chi connectivity index (χ4n) is 1.48. The van der Waals surface area contributed by atoms with Gasteiger partial charge in [0, 0.05) is 37.6 Å². The third kappa shape index (κ3) is 13.1. The quantitative estimate of drug-likeness (QED) is 0.0859. The Morgan fingerprint density at radius 3 is 1.87 bits per heavy atom. The average molecular weight is 539 g/mol. The fraction of sp³-hybridized carbons (Fsp3) is 1.00. The Morgan fingerprint density at radius 2 is 1.30 bits per heavy atom. The van der Waals surface area contributed by atoms with Crippen molar-refractivity contribution >= 4 is 142 Å². The van der Waals surface area contributed by atoms with Crippen molar-refractivity contribution in [2.45, 2.75) is 13.7 Å². The largest absolute Gasteiger partial charge is 0.168 e. The second-order valence-electron chi connectivity index (χ2n) is 3.80. The summed E-state index contributed by atoms with van der Waals surface area (Å²) < 4.78 is 1.95. The highest BCUT2D eigenvalue weighted by atomic mass is 33.1. The minimum atomic E-state index is 0.545. The highest BCUT2D eigenvalue weighted by Gasteiger charge is 2.22. The van der Waals surface area contributed by atoms with Crippen LogP contribution in [0.15, 0.2) is 0 Å². The van der Waals surface area contributed by atoms with Gasteiger partial charge in [-0.25, -0.2) is 0 Å². The molecule has 0 bridgehead atoms. The molecular formula is C11H22S12. The number of rotatable bonds is 15. The van der Waals surface area contributed by atoms with Crippen molar-refractivity contribution in [2.24, 2.45) is 0 Å². The second kappa shape index (κ2) is 18.2. The van der Waals surface area contributed by atoms with Gasteiger partial charge in [0.25, 0.3) is 0 Å². The molecule has 1 rings (SSSR count). The molecule has 1 aliphatic heterocycles. The van der Waals surface area contributed by atoms with Gasteiger partial charge in [-0.05, 0) is 0 Å². The molecule has 0 saturated carbocycles. The van der Waals surface area contributed by atoms with E-state index in [2.05, 4.69) is 73.2 Å². The zero-order valence-corrected chi connectivity index (χ0v) is 22.4. The van der Waals surface area contributed by atoms with E-state index in [1.807, 2.05) is 68.6 Å². The maximum absolute atomic E-state index is 4.40. The van der Waals surface area contributed by atoms with Crippen LogP contribution in [0.1, 0.15) is 0 Å². The number of hydrogen-bond acceptors (Lipinski definition) is 12. The molecule has 1 saturated heterocycles. The van der Waals surface area contributed by atoms with Crippen LogP contribution in [0.25, 0.3) is 0 Å². The summed E-state index contributed by atoms with van der Waals surface area (Å²) in [7, 11) is 4.00. The van der Waals surface area contributed by atoms with Crippen molar-refractivity contribution in [3.05, 3.63) is 0 Å². The van der Waals surface area contributed by atoms with E-state index in [1.165, 1.54) is 22.3 Å². The molecule has 0 amide bonds. The summed E-state index contributed by atoms with van der Waals surface area (Å²) in [6.45, 7) is 0. The predicted molar refractivity (Wildman–Crippen MR) is 146 cm³/mol. The first kappa shape index (κ1) is 25.2. The molecule has 1 fully saturated rings. The highest BCUT2D eigenvalue weighted by molar-refractivity contribution is 8.79. The summed E-state index contributed by atoms with van der Waals surface area (Å²) in [6, 6.07) is 0. The third-order valence-electron chi connectivity index (χ3n) is 2.38. The van der Waals surface area contributed by atoms with Crippen LogP contribution in [0.4, 0.5) is 0 Å². The molecule has 0 aliphatic carbocycles. The van der Waals surface area contributed by atoms with Gasteiger partial charge in [-0.3, -0.25) is 0 Å². The van der Waals surface area contributed by atoms with E-state index in [0.29, 0.717) is 9.16 Å². The number of hydrogen-bond donors (Lipinski definition) is 3. The first-order valence-electron chi connectivity index (χ1n) is 6.66. The second-order valence-corrected chi connectivity index (χ2v) is 18.3. The van der Waals surface area contributed by atoms with E-state index in [4.69, 9.17) is 0 Å². The van der Waals surface area contributed by atoms with E-state index >= 15 is 0 Å². The molecule has 23 heavy (non-hydrogen) atoms. The summed E-state index contributed by atoms with van der Waals surface area (Å²) >= 11 is 27.3. The maximum atomic E-state index is 4.40. The van der Waals surface area contributed by atoms with Gasteiger partial charge in [0.15, 0.2) is 0 Å². The summed E-state index contributed by atoms with van der Waals surface area (Å²) in [6.07, 6.45) is 0. The van der Waals surface area contributed by atoms with Crippen LogP contribution in [0, 0.1) is 0 Å². The monoisotopic (exact) mass is 538 g/mol. The average Bonchev–Trinajstić information content (AvgIpc) is 3.06. The summed E-state index contributed by atoms with van der Waals surface area (Å²) in [5.41, 5.74) is 0. The first-order valence-corrected chi connectivity index (χ1v) is 18.5. The predicted octanol–water partition coefficient (Wildman–Crippen LogP) is 7.07. The summed E-state index contributed by atoms with van der Waals surface area (Å²) in [5, 5.41) is 4.95. The molecule has 1 unspecified atom stereocenters. The lowest BCUT2D eigenvalue weighted by atomic mass is 10.9. The molecule has 12 heteroatoms. The van der Waals surface area contributed by atoms with Gasteiger partial charge in [-0.15, -0.1) is 82.3 Å². The van der Waals surface area contributed by atoms with Gasteiger partial charge in [0.1, 0.15) is 0 Å². The Kier molecular flexibility index (Phi) is 20.0. The standard InChI is InChI=1S/C11H22S12/c12-4-18-10(19-5-13)11(20-6-14)21-8-23-22-7-15-3-9-16-1-2-17-9/h9-14H,1-8H2. The van der Waals surface area contributed by atoms with Gasteiger partial charge in [-0.2, -0.15) is 37.9 Å². The molecular weight excluding hydrogens is 517 g/mol. The topological polar surface area (TPSA) is 0 Å². The van der Waals surface area contributed by atoms with Crippen molar-refractivity contribution < 1.29 is 0 Å². The van der Waals surface area contributed by atoms with Gasteiger partial charge in [-0.1, -0.05) is 21.6 Å². The Morgan fingerprint density at radius 1 is 0.783 bits per heavy atom. The normalized spacial score (nSPS) is 17.2. The maximum Gasteiger partial charge on any atom is 0.0729 e. The van der Waals surface area contributed by atoms with E-state index in [9.17, 15) is 0 Å². The van der Waals surface area contributed by atoms with E-state index in [-0.39, 0.29) is 0 Å². The molecule has 0 radical (unpaired) electrons. The molecule has 0 spiro atoms. The SMILES string of the molecule is SCSC(SCS)C(SCS)SCSSCSCC1SCCS1. The molecule has 1 aliphatic rings. The summed E-state index contributed by atoms with van der Waals surface area (Å²) in [4.78, 5) is 0. The van der Waals surface area contributed by atoms with Crippen molar-refractivity contribution in [1.29, 1.82) is 0 Å². The van der Waals surface area contributed by atoms with Crippen molar-refractivity contribution in [3.8, 4) is 0 Å². The molecule has 1 atom stereocenters. The first-order chi connectivity index (χ1) is 11.3. The third-order valence-corrected chi connectivity index (χ3v) is 17.3. The van der Waals surface area contributed by atoms with Crippen molar-refractivity contribution in [2.75, 3.05) is 42.7 Å². The van der Waals surface area contributed by atoms with Crippen LogP contribution < -0.4 is 0 Å². The van der Waals surface area contributed by atoms with Gasteiger partial charge >= 0.3 is 0 Å². The fourth-order valence-corrected chi connectivity index (χ4v) is 16.8. The Hall–Kier alpha value is 4.20. The minimum absolute atomic E-state index is 0.545. The lowest BCUT2D eigenvalue weighted by molar-refractivity contribution is 1.36. The van der Waals surface area contributed by atoms with E-state index < -0.39 is 0 Å². The number of thiol groups is 3. The minimum Gasteiger partial charge on any atom is -0.168 e. The molecule has 0 N–H and O–H groups in total. The van der Waals surface area contributed by atoms with Crippen LogP contribution in [-0.4, -0.2) is 56.4 Å². The van der Waals surface area contributed by atoms with Crippen LogP contribution in [0.5, 0.6) is 0 Å². The molecule has 138 valence electrons. The smallest absolute Gasteiger partial charge is 0.0729 e. The molecule has 0 aromatic heterocycles. The summed E-state index contributed by atoms with van der Waals surface area (Å²) in [5.74, 6) is 3.98. The molecule has 0 aromatic carbocycles. The van der Waals surface area contributed by atoms with Gasteiger partial charge in [0.05, 0.1) is 18.8 Å². The van der Waals surface area contributed by atoms with E-state index in [1.54, 1.807) is 0 Å². The lowest BCUT2D eigenvalue weighted by Crippen LogP contribution is -2.14. The number of thioether (sulfide) groups is 7. The van der Waals surface area contributed by atoms with Crippen molar-refractivity contribution in [3.63, 3.8) is 0 Å². The van der Waals surface area contributed by atoms with Crippen LogP contribution >= 0.6 is 142 Å². The Balaban J connectivity index is 2.08. The highest BCUT2D eigenvalue weighted by Crippen LogP contribution is 2.43. The van der Waals surface area contributed by atoms with Gasteiger partial charge < -0.3 is 0 Å². The van der Waals surface area contributed by atoms with Crippen molar-refractivity contribution in [1.82, 2.24) is 0 Å².